The first-order chi connectivity index (χ1) is 10.9. The fourth-order valence-corrected chi connectivity index (χ4v) is 2.13. The number of carbonyl (C=O) groups is 2. The number of esters is 2. The fraction of sp³-hybridized carbons (Fsp3) is 0.529. The van der Waals surface area contributed by atoms with E-state index in [9.17, 15) is 9.59 Å². The Kier molecular flexibility index (Phi) is 7.54. The summed E-state index contributed by atoms with van der Waals surface area (Å²) in [5.74, 6) is -1.19. The number of nitrogens with two attached hydrogens (primary N) is 1. The Balaban J connectivity index is 2.85. The van der Waals surface area contributed by atoms with Gasteiger partial charge >= 0.3 is 11.9 Å². The number of carbonyl (C=O) groups excluding carboxylic acids is 2. The molecule has 23 heavy (non-hydrogen) atoms. The highest BCUT2D eigenvalue weighted by molar-refractivity contribution is 6.06. The molecule has 1 aromatic rings. The Bertz CT molecular complexity index is 539. The Hall–Kier alpha value is -2.08. The summed E-state index contributed by atoms with van der Waals surface area (Å²) in [6.07, 6.45) is -0.282. The van der Waals surface area contributed by atoms with E-state index in [1.807, 2.05) is 13.8 Å². The number of benzene rings is 1. The van der Waals surface area contributed by atoms with E-state index in [1.165, 1.54) is 6.07 Å². The second kappa shape index (κ2) is 9.15. The van der Waals surface area contributed by atoms with E-state index >= 15 is 0 Å². The first kappa shape index (κ1) is 19.0. The minimum Gasteiger partial charge on any atom is -0.461 e. The molecule has 0 saturated heterocycles. The quantitative estimate of drug-likeness (QED) is 0.584. The van der Waals surface area contributed by atoms with Gasteiger partial charge in [-0.25, -0.2) is 9.59 Å². The molecule has 0 radical (unpaired) electrons. The summed E-state index contributed by atoms with van der Waals surface area (Å²) in [4.78, 5) is 26.6. The van der Waals surface area contributed by atoms with Gasteiger partial charge in [0.2, 0.25) is 0 Å². The van der Waals surface area contributed by atoms with Gasteiger partial charge in [0, 0.05) is 12.2 Å². The molecule has 0 aliphatic heterocycles. The summed E-state index contributed by atoms with van der Waals surface area (Å²) in [6.45, 7) is 10.2. The van der Waals surface area contributed by atoms with E-state index in [0.29, 0.717) is 6.54 Å². The van der Waals surface area contributed by atoms with E-state index in [0.717, 1.165) is 13.1 Å². The van der Waals surface area contributed by atoms with Crippen LogP contribution in [0.5, 0.6) is 0 Å². The summed E-state index contributed by atoms with van der Waals surface area (Å²) < 4.78 is 10.4. The van der Waals surface area contributed by atoms with Crippen LogP contribution < -0.4 is 5.73 Å². The summed E-state index contributed by atoms with van der Waals surface area (Å²) in [5, 5.41) is 0. The lowest BCUT2D eigenvalue weighted by atomic mass is 10.1. The van der Waals surface area contributed by atoms with Crippen molar-refractivity contribution in [2.24, 2.45) is 0 Å². The van der Waals surface area contributed by atoms with Crippen molar-refractivity contribution in [3.8, 4) is 0 Å². The van der Waals surface area contributed by atoms with Gasteiger partial charge in [0.25, 0.3) is 0 Å². The molecule has 0 bridgehead atoms. The number of nitrogens with zero attached hydrogens (tertiary/aromatic N) is 1. The van der Waals surface area contributed by atoms with Crippen LogP contribution in [0.1, 0.15) is 48.4 Å². The van der Waals surface area contributed by atoms with Crippen molar-refractivity contribution in [3.05, 3.63) is 29.3 Å². The molecule has 6 heteroatoms. The van der Waals surface area contributed by atoms with Crippen LogP contribution in [0.15, 0.2) is 18.2 Å². The average Bonchev–Trinajstić information content (AvgIpc) is 2.50. The molecule has 0 heterocycles. The minimum atomic E-state index is -0.606. The van der Waals surface area contributed by atoms with Gasteiger partial charge in [-0.05, 0) is 39.1 Å². The molecular weight excluding hydrogens is 296 g/mol. The van der Waals surface area contributed by atoms with Crippen LogP contribution >= 0.6 is 0 Å². The number of ether oxygens (including phenoxy) is 2. The van der Waals surface area contributed by atoms with Crippen LogP contribution in [0, 0.1) is 0 Å². The third-order valence-electron chi connectivity index (χ3n) is 3.40. The lowest BCUT2D eigenvalue weighted by Crippen LogP contribution is -2.28. The molecule has 0 aliphatic carbocycles. The molecule has 2 N–H and O–H groups in total. The predicted octanol–water partition coefficient (Wildman–Crippen LogP) is 2.33. The molecule has 1 aromatic carbocycles. The Morgan fingerprint density at radius 2 is 1.83 bits per heavy atom. The number of likely N-dealkylation sites (N-methyl/N-ethyl adjacent to an activating group) is 1. The highest BCUT2D eigenvalue weighted by Gasteiger charge is 2.22. The van der Waals surface area contributed by atoms with E-state index in [1.54, 1.807) is 26.0 Å². The third kappa shape index (κ3) is 5.56. The zero-order valence-corrected chi connectivity index (χ0v) is 14.3. The lowest BCUT2D eigenvalue weighted by molar-refractivity contribution is 0.0357. The molecule has 128 valence electrons. The standard InChI is InChI=1S/C17H26N2O4/c1-5-19(6-2)10-11-22-17(21)15-13(8-7-9-14(15)18)16(20)23-12(3)4/h7-9,12H,5-6,10-11,18H2,1-4H3. The molecule has 0 fully saturated rings. The lowest BCUT2D eigenvalue weighted by Gasteiger charge is -2.18. The first-order valence-electron chi connectivity index (χ1n) is 7.89. The predicted molar refractivity (Wildman–Crippen MR) is 89.5 cm³/mol. The molecule has 6 nitrogen and oxygen atoms in total. The van der Waals surface area contributed by atoms with E-state index in [2.05, 4.69) is 4.90 Å². The topological polar surface area (TPSA) is 81.9 Å². The van der Waals surface area contributed by atoms with Crippen LogP contribution in [0.25, 0.3) is 0 Å². The number of hydrogen-bond donors (Lipinski definition) is 1. The molecule has 0 spiro atoms. The Morgan fingerprint density at radius 3 is 2.39 bits per heavy atom. The van der Waals surface area contributed by atoms with Gasteiger partial charge in [-0.3, -0.25) is 0 Å². The van der Waals surface area contributed by atoms with Gasteiger partial charge in [0.1, 0.15) is 6.61 Å². The number of anilines is 1. The van der Waals surface area contributed by atoms with Crippen LogP contribution in [0.3, 0.4) is 0 Å². The van der Waals surface area contributed by atoms with Crippen molar-refractivity contribution in [2.45, 2.75) is 33.8 Å². The van der Waals surface area contributed by atoms with E-state index in [-0.39, 0.29) is 29.5 Å². The minimum absolute atomic E-state index is 0.0673. The third-order valence-corrected chi connectivity index (χ3v) is 3.40. The second-order valence-corrected chi connectivity index (χ2v) is 5.39. The van der Waals surface area contributed by atoms with Crippen LogP contribution in [0.4, 0.5) is 5.69 Å². The Labute approximate surface area is 137 Å². The van der Waals surface area contributed by atoms with Gasteiger partial charge in [-0.15, -0.1) is 0 Å². The highest BCUT2D eigenvalue weighted by Crippen LogP contribution is 2.20. The number of rotatable bonds is 8. The molecule has 0 unspecified atom stereocenters. The average molecular weight is 322 g/mol. The number of nitrogen functional groups attached to an aromatic ring is 1. The summed E-state index contributed by atoms with van der Waals surface area (Å²) >= 11 is 0. The smallest absolute Gasteiger partial charge is 0.341 e. The maximum absolute atomic E-state index is 12.3. The zero-order chi connectivity index (χ0) is 17.4. The van der Waals surface area contributed by atoms with Gasteiger partial charge < -0.3 is 20.1 Å². The van der Waals surface area contributed by atoms with Crippen molar-refractivity contribution >= 4 is 17.6 Å². The van der Waals surface area contributed by atoms with Crippen LogP contribution in [-0.4, -0.2) is 49.2 Å². The van der Waals surface area contributed by atoms with Crippen LogP contribution in [-0.2, 0) is 9.47 Å². The normalized spacial score (nSPS) is 10.9. The number of hydrogen-bond acceptors (Lipinski definition) is 6. The van der Waals surface area contributed by atoms with Crippen molar-refractivity contribution in [1.29, 1.82) is 0 Å². The largest absolute Gasteiger partial charge is 0.461 e. The maximum Gasteiger partial charge on any atom is 0.341 e. The van der Waals surface area contributed by atoms with Crippen molar-refractivity contribution in [1.82, 2.24) is 4.90 Å². The molecular formula is C17H26N2O4. The highest BCUT2D eigenvalue weighted by atomic mass is 16.5. The summed E-state index contributed by atoms with van der Waals surface area (Å²) in [7, 11) is 0. The van der Waals surface area contributed by atoms with Gasteiger partial charge in [-0.1, -0.05) is 19.9 Å². The molecule has 0 aliphatic rings. The van der Waals surface area contributed by atoms with Crippen molar-refractivity contribution in [2.75, 3.05) is 32.0 Å². The maximum atomic E-state index is 12.3. The van der Waals surface area contributed by atoms with E-state index in [4.69, 9.17) is 15.2 Å². The SMILES string of the molecule is CCN(CC)CCOC(=O)c1c(N)cccc1C(=O)OC(C)C. The first-order valence-corrected chi connectivity index (χ1v) is 7.89. The second-order valence-electron chi connectivity index (χ2n) is 5.39. The monoisotopic (exact) mass is 322 g/mol. The molecule has 0 amide bonds. The summed E-state index contributed by atoms with van der Waals surface area (Å²) in [6, 6.07) is 4.69. The zero-order valence-electron chi connectivity index (χ0n) is 14.3. The van der Waals surface area contributed by atoms with Gasteiger partial charge in [-0.2, -0.15) is 0 Å². The molecule has 0 saturated carbocycles. The van der Waals surface area contributed by atoms with Gasteiger partial charge in [0.05, 0.1) is 17.2 Å². The molecule has 1 rings (SSSR count). The van der Waals surface area contributed by atoms with E-state index < -0.39 is 11.9 Å². The van der Waals surface area contributed by atoms with Crippen molar-refractivity contribution in [3.63, 3.8) is 0 Å². The summed E-state index contributed by atoms with van der Waals surface area (Å²) in [5.41, 5.74) is 6.26. The molecule has 0 atom stereocenters. The van der Waals surface area contributed by atoms with Crippen molar-refractivity contribution < 1.29 is 19.1 Å². The Morgan fingerprint density at radius 1 is 1.17 bits per heavy atom. The fourth-order valence-electron chi connectivity index (χ4n) is 2.13. The van der Waals surface area contributed by atoms with Crippen LogP contribution in [0.2, 0.25) is 0 Å². The molecule has 0 aromatic heterocycles. The van der Waals surface area contributed by atoms with Gasteiger partial charge in [0.15, 0.2) is 0 Å².